The van der Waals surface area contributed by atoms with Crippen LogP contribution in [0.3, 0.4) is 0 Å². The van der Waals surface area contributed by atoms with Crippen molar-refractivity contribution in [2.24, 2.45) is 0 Å². The van der Waals surface area contributed by atoms with Gasteiger partial charge in [-0.1, -0.05) is 6.07 Å². The van der Waals surface area contributed by atoms with Gasteiger partial charge in [-0.3, -0.25) is 4.79 Å². The van der Waals surface area contributed by atoms with E-state index in [1.165, 1.54) is 11.3 Å². The van der Waals surface area contributed by atoms with Crippen molar-refractivity contribution in [1.82, 2.24) is 4.90 Å². The molecule has 0 aromatic carbocycles. The largest absolute Gasteiger partial charge is 0.479 e. The fraction of sp³-hybridized carbons (Fsp3) is 0.538. The minimum atomic E-state index is -1.05. The van der Waals surface area contributed by atoms with E-state index in [1.807, 2.05) is 17.5 Å². The number of thiophene rings is 1. The summed E-state index contributed by atoms with van der Waals surface area (Å²) in [7, 11) is 1.60. The van der Waals surface area contributed by atoms with Crippen molar-refractivity contribution in [3.05, 3.63) is 22.4 Å². The van der Waals surface area contributed by atoms with E-state index in [2.05, 4.69) is 0 Å². The molecule has 20 heavy (non-hydrogen) atoms. The van der Waals surface area contributed by atoms with Crippen molar-refractivity contribution < 1.29 is 24.2 Å². The standard InChI is InChI=1S/C13H17NO5S/c1-18-6-3-5-14-10(15)8-19-12(13(16)17)11(14)9-4-2-7-20-9/h2,4,7,11-12H,3,5-6,8H2,1H3,(H,16,17). The molecule has 0 saturated carbocycles. The quantitative estimate of drug-likeness (QED) is 0.797. The molecule has 110 valence electrons. The molecule has 1 saturated heterocycles. The Labute approximate surface area is 120 Å². The van der Waals surface area contributed by atoms with Gasteiger partial charge in [0, 0.05) is 25.1 Å². The third kappa shape index (κ3) is 3.17. The van der Waals surface area contributed by atoms with E-state index >= 15 is 0 Å². The summed E-state index contributed by atoms with van der Waals surface area (Å²) in [6.07, 6.45) is -0.356. The van der Waals surface area contributed by atoms with Gasteiger partial charge < -0.3 is 19.5 Å². The van der Waals surface area contributed by atoms with Gasteiger partial charge in [-0.15, -0.1) is 11.3 Å². The zero-order chi connectivity index (χ0) is 14.5. The number of hydrogen-bond acceptors (Lipinski definition) is 5. The molecule has 1 aromatic rings. The van der Waals surface area contributed by atoms with Crippen molar-refractivity contribution in [2.75, 3.05) is 26.9 Å². The van der Waals surface area contributed by atoms with Crippen LogP contribution in [-0.4, -0.2) is 54.9 Å². The maximum absolute atomic E-state index is 12.0. The van der Waals surface area contributed by atoms with Gasteiger partial charge in [-0.2, -0.15) is 0 Å². The number of nitrogens with zero attached hydrogens (tertiary/aromatic N) is 1. The highest BCUT2D eigenvalue weighted by Gasteiger charge is 2.42. The molecule has 0 radical (unpaired) electrons. The number of hydrogen-bond donors (Lipinski definition) is 1. The van der Waals surface area contributed by atoms with Crippen molar-refractivity contribution in [3.8, 4) is 0 Å². The lowest BCUT2D eigenvalue weighted by atomic mass is 10.0. The van der Waals surface area contributed by atoms with Crippen LogP contribution < -0.4 is 0 Å². The van der Waals surface area contributed by atoms with Crippen LogP contribution in [0.2, 0.25) is 0 Å². The van der Waals surface area contributed by atoms with Gasteiger partial charge >= 0.3 is 5.97 Å². The maximum Gasteiger partial charge on any atom is 0.335 e. The van der Waals surface area contributed by atoms with Crippen LogP contribution >= 0.6 is 11.3 Å². The minimum absolute atomic E-state index is 0.183. The number of ether oxygens (including phenoxy) is 2. The van der Waals surface area contributed by atoms with E-state index in [-0.39, 0.29) is 12.5 Å². The van der Waals surface area contributed by atoms with Crippen LogP contribution in [0.25, 0.3) is 0 Å². The molecule has 0 bridgehead atoms. The summed E-state index contributed by atoms with van der Waals surface area (Å²) in [6, 6.07) is 3.10. The zero-order valence-corrected chi connectivity index (χ0v) is 12.0. The summed E-state index contributed by atoms with van der Waals surface area (Å²) < 4.78 is 10.2. The monoisotopic (exact) mass is 299 g/mol. The Morgan fingerprint density at radius 3 is 3.05 bits per heavy atom. The predicted octanol–water partition coefficient (Wildman–Crippen LogP) is 1.14. The number of morpholine rings is 1. The van der Waals surface area contributed by atoms with E-state index in [0.717, 1.165) is 4.88 Å². The highest BCUT2D eigenvalue weighted by molar-refractivity contribution is 7.10. The minimum Gasteiger partial charge on any atom is -0.479 e. The molecule has 2 rings (SSSR count). The van der Waals surface area contributed by atoms with Crippen molar-refractivity contribution in [1.29, 1.82) is 0 Å². The van der Waals surface area contributed by atoms with E-state index < -0.39 is 18.1 Å². The van der Waals surface area contributed by atoms with Gasteiger partial charge in [-0.25, -0.2) is 4.79 Å². The fourth-order valence-corrected chi connectivity index (χ4v) is 3.13. The van der Waals surface area contributed by atoms with Gasteiger partial charge in [0.25, 0.3) is 0 Å². The summed E-state index contributed by atoms with van der Waals surface area (Å²) in [5, 5.41) is 11.2. The first-order chi connectivity index (χ1) is 9.65. The Hall–Kier alpha value is -1.44. The third-order valence-corrected chi connectivity index (χ3v) is 4.10. The molecule has 2 unspecified atom stereocenters. The molecule has 2 heterocycles. The Kier molecular flexibility index (Phi) is 5.11. The fourth-order valence-electron chi connectivity index (χ4n) is 2.27. The van der Waals surface area contributed by atoms with Crippen molar-refractivity contribution in [3.63, 3.8) is 0 Å². The second-order valence-corrected chi connectivity index (χ2v) is 5.44. The number of rotatable bonds is 6. The average molecular weight is 299 g/mol. The highest BCUT2D eigenvalue weighted by atomic mass is 32.1. The molecule has 1 fully saturated rings. The van der Waals surface area contributed by atoms with E-state index in [9.17, 15) is 14.7 Å². The number of carboxylic acid groups (broad SMARTS) is 1. The zero-order valence-electron chi connectivity index (χ0n) is 11.2. The lowest BCUT2D eigenvalue weighted by molar-refractivity contribution is -0.173. The summed E-state index contributed by atoms with van der Waals surface area (Å²) >= 11 is 1.43. The highest BCUT2D eigenvalue weighted by Crippen LogP contribution is 2.33. The number of amides is 1. The van der Waals surface area contributed by atoms with E-state index in [4.69, 9.17) is 9.47 Å². The molecule has 1 aliphatic heterocycles. The normalized spacial score (nSPS) is 23.1. The predicted molar refractivity (Wildman–Crippen MR) is 72.6 cm³/mol. The smallest absolute Gasteiger partial charge is 0.335 e. The molecule has 1 N–H and O–H groups in total. The Morgan fingerprint density at radius 1 is 1.65 bits per heavy atom. The molecule has 1 aliphatic rings. The van der Waals surface area contributed by atoms with E-state index in [1.54, 1.807) is 12.0 Å². The van der Waals surface area contributed by atoms with Crippen LogP contribution in [0.4, 0.5) is 0 Å². The molecular formula is C13H17NO5S. The molecule has 0 spiro atoms. The number of carbonyl (C=O) groups excluding carboxylic acids is 1. The van der Waals surface area contributed by atoms with Gasteiger partial charge in [0.15, 0.2) is 6.10 Å². The van der Waals surface area contributed by atoms with Crippen LogP contribution in [0.1, 0.15) is 17.3 Å². The first-order valence-electron chi connectivity index (χ1n) is 6.31. The SMILES string of the molecule is COCCCN1C(=O)COC(C(=O)O)C1c1cccs1. The van der Waals surface area contributed by atoms with Gasteiger partial charge in [0.2, 0.25) is 5.91 Å². The molecule has 1 aromatic heterocycles. The van der Waals surface area contributed by atoms with Crippen molar-refractivity contribution in [2.45, 2.75) is 18.6 Å². The first kappa shape index (κ1) is 15.0. The lowest BCUT2D eigenvalue weighted by Crippen LogP contribution is -2.51. The molecule has 0 aliphatic carbocycles. The van der Waals surface area contributed by atoms with Crippen LogP contribution in [0.15, 0.2) is 17.5 Å². The van der Waals surface area contributed by atoms with Crippen LogP contribution in [0, 0.1) is 0 Å². The third-order valence-electron chi connectivity index (χ3n) is 3.15. The average Bonchev–Trinajstić information content (AvgIpc) is 2.93. The van der Waals surface area contributed by atoms with Crippen molar-refractivity contribution >= 4 is 23.2 Å². The lowest BCUT2D eigenvalue weighted by Gasteiger charge is -2.38. The van der Waals surface area contributed by atoms with E-state index in [0.29, 0.717) is 19.6 Å². The summed E-state index contributed by atoms with van der Waals surface area (Å²) in [5.74, 6) is -1.23. The molecular weight excluding hydrogens is 282 g/mol. The van der Waals surface area contributed by atoms with Crippen LogP contribution in [0.5, 0.6) is 0 Å². The van der Waals surface area contributed by atoms with Gasteiger partial charge in [0.1, 0.15) is 12.6 Å². The topological polar surface area (TPSA) is 76.1 Å². The molecule has 2 atom stereocenters. The number of carbonyl (C=O) groups is 2. The first-order valence-corrected chi connectivity index (χ1v) is 7.19. The Balaban J connectivity index is 2.22. The Bertz CT molecular complexity index is 461. The van der Waals surface area contributed by atoms with Gasteiger partial charge in [-0.05, 0) is 17.9 Å². The maximum atomic E-state index is 12.0. The second kappa shape index (κ2) is 6.83. The summed E-state index contributed by atoms with van der Waals surface area (Å²) in [4.78, 5) is 25.8. The summed E-state index contributed by atoms with van der Waals surface area (Å²) in [6.45, 7) is 0.799. The number of aliphatic carboxylic acids is 1. The molecule has 6 nitrogen and oxygen atoms in total. The molecule has 1 amide bonds. The van der Waals surface area contributed by atoms with Crippen LogP contribution in [-0.2, 0) is 19.1 Å². The number of carboxylic acids is 1. The Morgan fingerprint density at radius 2 is 2.45 bits per heavy atom. The van der Waals surface area contributed by atoms with Gasteiger partial charge in [0.05, 0.1) is 0 Å². The second-order valence-electron chi connectivity index (χ2n) is 4.46. The molecule has 7 heteroatoms. The number of methoxy groups -OCH3 is 1. The summed E-state index contributed by atoms with van der Waals surface area (Å²) in [5.41, 5.74) is 0.